The fraction of sp³-hybridized carbons (Fsp3) is 0.450. The van der Waals surface area contributed by atoms with Gasteiger partial charge in [0.15, 0.2) is 11.4 Å². The van der Waals surface area contributed by atoms with Crippen molar-refractivity contribution in [3.8, 4) is 11.3 Å². The van der Waals surface area contributed by atoms with Crippen LogP contribution in [0.3, 0.4) is 0 Å². The largest absolute Gasteiger partial charge is 0.512 e. The molecule has 5 aromatic rings. The molecule has 3 heterocycles. The molecule has 1 N–H and O–H groups in total. The van der Waals surface area contributed by atoms with Crippen LogP contribution in [0.2, 0.25) is 0 Å². The summed E-state index contributed by atoms with van der Waals surface area (Å²) in [6, 6.07) is 18.7. The number of aliphatic hydroxyl groups excluding tert-OH is 1. The van der Waals surface area contributed by atoms with E-state index in [9.17, 15) is 9.90 Å². The van der Waals surface area contributed by atoms with Crippen LogP contribution in [0.15, 0.2) is 64.9 Å². The maximum Gasteiger partial charge on any atom is 0.162 e. The fourth-order valence-electron chi connectivity index (χ4n) is 5.97. The summed E-state index contributed by atoms with van der Waals surface area (Å²) in [5.41, 5.74) is 4.58. The molecule has 3 aromatic heterocycles. The molecule has 0 atom stereocenters. The predicted octanol–water partition coefficient (Wildman–Crippen LogP) is 12.2. The summed E-state index contributed by atoms with van der Waals surface area (Å²) in [5, 5.41) is 13.3. The Morgan fingerprint density at radius 3 is 2.24 bits per heavy atom. The molecule has 0 bridgehead atoms. The molecule has 0 saturated heterocycles. The maximum atomic E-state index is 11.7. The van der Waals surface area contributed by atoms with Gasteiger partial charge in [-0.15, -0.1) is 40.5 Å². The third kappa shape index (κ3) is 8.76. The molecule has 0 fully saturated rings. The Morgan fingerprint density at radius 2 is 1.63 bits per heavy atom. The topological polar surface area (TPSA) is 63.3 Å². The van der Waals surface area contributed by atoms with E-state index in [0.29, 0.717) is 5.92 Å². The predicted molar refractivity (Wildman–Crippen MR) is 192 cm³/mol. The zero-order valence-electron chi connectivity index (χ0n) is 28.9. The van der Waals surface area contributed by atoms with Gasteiger partial charge in [0, 0.05) is 66.4 Å². The van der Waals surface area contributed by atoms with E-state index in [1.165, 1.54) is 26.4 Å². The van der Waals surface area contributed by atoms with Gasteiger partial charge < -0.3 is 9.52 Å². The Bertz CT molecular complexity index is 1780. The van der Waals surface area contributed by atoms with Crippen LogP contribution in [0, 0.1) is 23.3 Å². The van der Waals surface area contributed by atoms with Crippen molar-refractivity contribution in [3.05, 3.63) is 77.9 Å². The number of fused-ring (bicyclic) bond motifs is 4. The fourth-order valence-corrected chi connectivity index (χ4v) is 7.16. The van der Waals surface area contributed by atoms with Crippen LogP contribution in [0.4, 0.5) is 0 Å². The van der Waals surface area contributed by atoms with Crippen molar-refractivity contribution in [2.45, 2.75) is 100 Å². The van der Waals surface area contributed by atoms with Gasteiger partial charge in [-0.3, -0.25) is 9.78 Å². The normalized spacial score (nSPS) is 12.3. The van der Waals surface area contributed by atoms with Crippen molar-refractivity contribution >= 4 is 48.3 Å². The van der Waals surface area contributed by atoms with Gasteiger partial charge in [0.25, 0.3) is 0 Å². The number of nitrogens with zero attached hydrogens (tertiary/aromatic N) is 1. The first-order chi connectivity index (χ1) is 21.4. The molecule has 6 heteroatoms. The van der Waals surface area contributed by atoms with Gasteiger partial charge >= 0.3 is 0 Å². The van der Waals surface area contributed by atoms with Crippen molar-refractivity contribution in [2.24, 2.45) is 17.3 Å². The summed E-state index contributed by atoms with van der Waals surface area (Å²) in [5.74, 6) is 2.04. The number of ketones is 1. The first-order valence-electron chi connectivity index (χ1n) is 16.6. The zero-order chi connectivity index (χ0) is 32.9. The van der Waals surface area contributed by atoms with E-state index in [1.54, 1.807) is 11.3 Å². The SMILES string of the molecule is CC(C)c1cc(-c2nccc3c2sc2cc(CC(C)(C)C)oc23)[c-]c2ccccc12.CCC(CC)C(=O)/C=C(\O)C(CC)CC.[Ir]. The number of aliphatic hydroxyl groups is 1. The van der Waals surface area contributed by atoms with Crippen LogP contribution in [0.25, 0.3) is 42.4 Å². The van der Waals surface area contributed by atoms with Gasteiger partial charge in [0.1, 0.15) is 5.76 Å². The molecule has 0 spiro atoms. The number of pyridine rings is 1. The first-order valence-corrected chi connectivity index (χ1v) is 17.4. The van der Waals surface area contributed by atoms with Crippen molar-refractivity contribution in [1.82, 2.24) is 4.98 Å². The number of furan rings is 1. The molecule has 0 saturated carbocycles. The van der Waals surface area contributed by atoms with E-state index in [1.807, 2.05) is 33.9 Å². The monoisotopic (exact) mass is 817 g/mol. The Labute approximate surface area is 293 Å². The third-order valence-corrected chi connectivity index (χ3v) is 9.72. The van der Waals surface area contributed by atoms with Gasteiger partial charge in [-0.05, 0) is 49.1 Å². The maximum absolute atomic E-state index is 11.7. The summed E-state index contributed by atoms with van der Waals surface area (Å²) >= 11 is 1.77. The van der Waals surface area contributed by atoms with Gasteiger partial charge in [-0.2, -0.15) is 0 Å². The average molecular weight is 817 g/mol. The summed E-state index contributed by atoms with van der Waals surface area (Å²) in [6.45, 7) is 19.3. The molecular weight excluding hydrogens is 767 g/mol. The van der Waals surface area contributed by atoms with Gasteiger partial charge in [-0.1, -0.05) is 91.5 Å². The molecule has 0 aliphatic carbocycles. The summed E-state index contributed by atoms with van der Waals surface area (Å²) in [6.07, 6.45) is 7.74. The van der Waals surface area contributed by atoms with E-state index >= 15 is 0 Å². The van der Waals surface area contributed by atoms with Crippen LogP contribution in [0.5, 0.6) is 0 Å². The summed E-state index contributed by atoms with van der Waals surface area (Å²) in [4.78, 5) is 16.5. The van der Waals surface area contributed by atoms with Gasteiger partial charge in [0.05, 0.1) is 10.5 Å². The van der Waals surface area contributed by atoms with Crippen LogP contribution in [-0.4, -0.2) is 15.9 Å². The minimum absolute atomic E-state index is 0. The van der Waals surface area contributed by atoms with Crippen molar-refractivity contribution in [3.63, 3.8) is 0 Å². The van der Waals surface area contributed by atoms with Crippen LogP contribution in [-0.2, 0) is 31.3 Å². The van der Waals surface area contributed by atoms with Crippen molar-refractivity contribution in [1.29, 1.82) is 0 Å². The molecule has 249 valence electrons. The summed E-state index contributed by atoms with van der Waals surface area (Å²) < 4.78 is 8.67. The standard InChI is InChI=1S/C27H26NOS.C13H24O2.Ir/c1-16(2)22-13-18(12-17-8-6-7-9-20(17)22)24-26-21(10-11-28-24)25-23(30-26)14-19(29-25)15-27(3,4)5;1-5-10(6-2)12(14)9-13(15)11(7-3)8-4;/h6-11,13-14,16H,15H2,1-5H3;9-11,14H,5-8H2,1-4H3;/q-1;;/b;12-9-;. The number of benzene rings is 2. The number of hydrogen-bond donors (Lipinski definition) is 1. The smallest absolute Gasteiger partial charge is 0.162 e. The number of rotatable bonds is 10. The molecule has 0 aliphatic rings. The number of allylic oxidation sites excluding steroid dienone is 2. The quantitative estimate of drug-likeness (QED) is 0.0866. The molecule has 2 aromatic carbocycles. The van der Waals surface area contributed by atoms with E-state index in [-0.39, 0.29) is 48.9 Å². The molecule has 0 unspecified atom stereocenters. The average Bonchev–Trinajstić information content (AvgIpc) is 3.54. The van der Waals surface area contributed by atoms with Crippen LogP contribution < -0.4 is 0 Å². The number of thiophene rings is 1. The molecule has 0 amide bonds. The molecule has 0 aliphatic heterocycles. The summed E-state index contributed by atoms with van der Waals surface area (Å²) in [7, 11) is 0. The Morgan fingerprint density at radius 1 is 0.978 bits per heavy atom. The minimum Gasteiger partial charge on any atom is -0.512 e. The molecule has 4 nitrogen and oxygen atoms in total. The molecule has 46 heavy (non-hydrogen) atoms. The number of aromatic nitrogens is 1. The molecule has 1 radical (unpaired) electrons. The first kappa shape index (κ1) is 37.7. The van der Waals surface area contributed by atoms with Gasteiger partial charge in [-0.25, -0.2) is 0 Å². The number of carbonyl (C=O) groups is 1. The number of carbonyl (C=O) groups excluding carboxylic acids is 1. The van der Waals surface area contributed by atoms with E-state index in [0.717, 1.165) is 65.5 Å². The van der Waals surface area contributed by atoms with Crippen LogP contribution in [0.1, 0.15) is 105 Å². The van der Waals surface area contributed by atoms with Crippen molar-refractivity contribution < 1.29 is 34.4 Å². The van der Waals surface area contributed by atoms with E-state index < -0.39 is 0 Å². The molecular formula is C40H50IrNO3S-. The van der Waals surface area contributed by atoms with E-state index in [4.69, 9.17) is 9.40 Å². The zero-order valence-corrected chi connectivity index (χ0v) is 32.1. The Balaban J connectivity index is 0.000000309. The van der Waals surface area contributed by atoms with Crippen molar-refractivity contribution in [2.75, 3.05) is 0 Å². The Hall–Kier alpha value is -2.79. The second kappa shape index (κ2) is 16.4. The minimum atomic E-state index is 0. The third-order valence-electron chi connectivity index (χ3n) is 8.58. The van der Waals surface area contributed by atoms with Gasteiger partial charge in [0.2, 0.25) is 0 Å². The Kier molecular flexibility index (Phi) is 13.4. The second-order valence-electron chi connectivity index (χ2n) is 13.6. The number of hydrogen-bond acceptors (Lipinski definition) is 5. The van der Waals surface area contributed by atoms with E-state index in [2.05, 4.69) is 83.1 Å². The second-order valence-corrected chi connectivity index (χ2v) is 14.7. The van der Waals surface area contributed by atoms with Crippen LogP contribution >= 0.6 is 11.3 Å². The molecule has 5 rings (SSSR count).